The van der Waals surface area contributed by atoms with Gasteiger partial charge in [-0.05, 0) is 26.3 Å². The van der Waals surface area contributed by atoms with Crippen LogP contribution < -0.4 is 5.32 Å². The number of hydrogen-bond acceptors (Lipinski definition) is 2. The van der Waals surface area contributed by atoms with Crippen molar-refractivity contribution in [2.24, 2.45) is 0 Å². The van der Waals surface area contributed by atoms with E-state index in [1.54, 1.807) is 0 Å². The number of aliphatic hydroxyl groups is 1. The summed E-state index contributed by atoms with van der Waals surface area (Å²) in [5, 5.41) is 12.7. The summed E-state index contributed by atoms with van der Waals surface area (Å²) in [5.41, 5.74) is -0.0673. The molecule has 0 saturated heterocycles. The van der Waals surface area contributed by atoms with E-state index in [4.69, 9.17) is 0 Å². The molecule has 0 radical (unpaired) electrons. The number of aliphatic hydroxyl groups excluding tert-OH is 1. The molecule has 2 heteroatoms. The van der Waals surface area contributed by atoms with Gasteiger partial charge in [0.1, 0.15) is 0 Å². The van der Waals surface area contributed by atoms with Crippen molar-refractivity contribution in [2.75, 3.05) is 13.2 Å². The van der Waals surface area contributed by atoms with E-state index >= 15 is 0 Å². The molecule has 0 saturated carbocycles. The van der Waals surface area contributed by atoms with Crippen LogP contribution in [0.2, 0.25) is 0 Å². The predicted molar refractivity (Wildman–Crippen MR) is 71.8 cm³/mol. The van der Waals surface area contributed by atoms with Crippen molar-refractivity contribution in [1.29, 1.82) is 0 Å². The summed E-state index contributed by atoms with van der Waals surface area (Å²) in [6, 6.07) is 0. The summed E-state index contributed by atoms with van der Waals surface area (Å²) >= 11 is 0. The highest BCUT2D eigenvalue weighted by Gasteiger charge is 2.18. The van der Waals surface area contributed by atoms with E-state index < -0.39 is 0 Å². The summed E-state index contributed by atoms with van der Waals surface area (Å²) in [6.07, 6.45) is 10.4. The summed E-state index contributed by atoms with van der Waals surface area (Å²) in [7, 11) is 0. The molecule has 0 aliphatic heterocycles. The normalized spacial score (nSPS) is 15.0. The van der Waals surface area contributed by atoms with Crippen LogP contribution in [0.25, 0.3) is 0 Å². The van der Waals surface area contributed by atoms with Gasteiger partial charge in [-0.25, -0.2) is 0 Å². The van der Waals surface area contributed by atoms with Gasteiger partial charge in [-0.2, -0.15) is 0 Å². The standard InChI is InChI=1S/C14H31NO/c1-4-6-7-8-9-10-11-12-15-14(3,5-2)13-16/h15-16H,4-13H2,1-3H3. The van der Waals surface area contributed by atoms with E-state index in [1.165, 1.54) is 44.9 Å². The molecule has 0 amide bonds. The fraction of sp³-hybridized carbons (Fsp3) is 1.00. The van der Waals surface area contributed by atoms with Gasteiger partial charge in [-0.15, -0.1) is 0 Å². The van der Waals surface area contributed by atoms with E-state index in [2.05, 4.69) is 26.1 Å². The van der Waals surface area contributed by atoms with Gasteiger partial charge in [0.25, 0.3) is 0 Å². The van der Waals surface area contributed by atoms with Crippen LogP contribution in [0, 0.1) is 0 Å². The van der Waals surface area contributed by atoms with Gasteiger partial charge in [-0.1, -0.05) is 52.4 Å². The van der Waals surface area contributed by atoms with E-state index in [1.807, 2.05) is 0 Å². The topological polar surface area (TPSA) is 32.3 Å². The molecule has 0 fully saturated rings. The summed E-state index contributed by atoms with van der Waals surface area (Å²) in [6.45, 7) is 7.74. The Morgan fingerprint density at radius 3 is 2.00 bits per heavy atom. The Hall–Kier alpha value is -0.0800. The smallest absolute Gasteiger partial charge is 0.0610 e. The highest BCUT2D eigenvalue weighted by Crippen LogP contribution is 2.09. The van der Waals surface area contributed by atoms with Crippen molar-refractivity contribution in [3.8, 4) is 0 Å². The van der Waals surface area contributed by atoms with E-state index in [0.717, 1.165) is 13.0 Å². The minimum atomic E-state index is -0.0673. The van der Waals surface area contributed by atoms with Gasteiger partial charge in [-0.3, -0.25) is 0 Å². The molecular formula is C14H31NO. The Balaban J connectivity index is 3.26. The second kappa shape index (κ2) is 10.1. The Morgan fingerprint density at radius 1 is 0.938 bits per heavy atom. The van der Waals surface area contributed by atoms with Crippen molar-refractivity contribution in [3.63, 3.8) is 0 Å². The minimum absolute atomic E-state index is 0.0673. The molecule has 0 aliphatic carbocycles. The maximum atomic E-state index is 9.22. The molecule has 0 bridgehead atoms. The Kier molecular flexibility index (Phi) is 10.0. The monoisotopic (exact) mass is 229 g/mol. The second-order valence-electron chi connectivity index (χ2n) is 5.12. The molecule has 0 aromatic rings. The molecule has 0 aromatic heterocycles. The first-order chi connectivity index (χ1) is 7.68. The Labute approximate surface area is 102 Å². The van der Waals surface area contributed by atoms with E-state index in [-0.39, 0.29) is 12.1 Å². The molecule has 0 aliphatic rings. The fourth-order valence-electron chi connectivity index (χ4n) is 1.76. The first kappa shape index (κ1) is 15.9. The van der Waals surface area contributed by atoms with Crippen LogP contribution >= 0.6 is 0 Å². The van der Waals surface area contributed by atoms with Crippen molar-refractivity contribution in [1.82, 2.24) is 5.32 Å². The van der Waals surface area contributed by atoms with Crippen LogP contribution in [0.15, 0.2) is 0 Å². The number of nitrogens with one attached hydrogen (secondary N) is 1. The first-order valence-electron chi connectivity index (χ1n) is 7.04. The lowest BCUT2D eigenvalue weighted by Gasteiger charge is -2.27. The highest BCUT2D eigenvalue weighted by atomic mass is 16.3. The molecule has 0 heterocycles. The lowest BCUT2D eigenvalue weighted by Crippen LogP contribution is -2.45. The van der Waals surface area contributed by atoms with Crippen LogP contribution in [-0.2, 0) is 0 Å². The fourth-order valence-corrected chi connectivity index (χ4v) is 1.76. The first-order valence-corrected chi connectivity index (χ1v) is 7.04. The van der Waals surface area contributed by atoms with Crippen LogP contribution in [-0.4, -0.2) is 23.8 Å². The molecule has 98 valence electrons. The average Bonchev–Trinajstić information content (AvgIpc) is 2.32. The largest absolute Gasteiger partial charge is 0.394 e. The third kappa shape index (κ3) is 8.12. The van der Waals surface area contributed by atoms with Crippen LogP contribution in [0.4, 0.5) is 0 Å². The van der Waals surface area contributed by atoms with Gasteiger partial charge in [0.2, 0.25) is 0 Å². The van der Waals surface area contributed by atoms with Crippen molar-refractivity contribution < 1.29 is 5.11 Å². The Morgan fingerprint density at radius 2 is 1.50 bits per heavy atom. The van der Waals surface area contributed by atoms with E-state index in [0.29, 0.717) is 0 Å². The summed E-state index contributed by atoms with van der Waals surface area (Å²) in [5.74, 6) is 0. The quantitative estimate of drug-likeness (QED) is 0.532. The second-order valence-corrected chi connectivity index (χ2v) is 5.12. The molecular weight excluding hydrogens is 198 g/mol. The Bertz CT molecular complexity index is 144. The van der Waals surface area contributed by atoms with Gasteiger partial charge in [0, 0.05) is 5.54 Å². The van der Waals surface area contributed by atoms with Gasteiger partial charge in [0.15, 0.2) is 0 Å². The third-order valence-corrected chi connectivity index (χ3v) is 3.46. The zero-order valence-corrected chi connectivity index (χ0v) is 11.5. The van der Waals surface area contributed by atoms with E-state index in [9.17, 15) is 5.11 Å². The molecule has 16 heavy (non-hydrogen) atoms. The number of unbranched alkanes of at least 4 members (excludes halogenated alkanes) is 6. The average molecular weight is 229 g/mol. The van der Waals surface area contributed by atoms with Crippen molar-refractivity contribution in [2.45, 2.75) is 77.7 Å². The molecule has 1 atom stereocenters. The molecule has 0 aromatic carbocycles. The maximum Gasteiger partial charge on any atom is 0.0610 e. The lowest BCUT2D eigenvalue weighted by molar-refractivity contribution is 0.170. The predicted octanol–water partition coefficient (Wildman–Crippen LogP) is 3.49. The molecule has 1 unspecified atom stereocenters. The number of rotatable bonds is 11. The zero-order valence-electron chi connectivity index (χ0n) is 11.5. The van der Waals surface area contributed by atoms with Gasteiger partial charge >= 0.3 is 0 Å². The molecule has 2 nitrogen and oxygen atoms in total. The third-order valence-electron chi connectivity index (χ3n) is 3.46. The lowest BCUT2D eigenvalue weighted by atomic mass is 10.00. The van der Waals surface area contributed by atoms with Crippen LogP contribution in [0.3, 0.4) is 0 Å². The molecule has 0 rings (SSSR count). The van der Waals surface area contributed by atoms with Crippen LogP contribution in [0.1, 0.15) is 72.1 Å². The summed E-state index contributed by atoms with van der Waals surface area (Å²) in [4.78, 5) is 0. The summed E-state index contributed by atoms with van der Waals surface area (Å²) < 4.78 is 0. The molecule has 2 N–H and O–H groups in total. The SMILES string of the molecule is CCCCCCCCCNC(C)(CC)CO. The van der Waals surface area contributed by atoms with Crippen molar-refractivity contribution >= 4 is 0 Å². The van der Waals surface area contributed by atoms with Crippen LogP contribution in [0.5, 0.6) is 0 Å². The van der Waals surface area contributed by atoms with Crippen molar-refractivity contribution in [3.05, 3.63) is 0 Å². The zero-order chi connectivity index (χ0) is 12.3. The number of hydrogen-bond donors (Lipinski definition) is 2. The maximum absolute atomic E-state index is 9.22. The minimum Gasteiger partial charge on any atom is -0.394 e. The molecule has 0 spiro atoms. The van der Waals surface area contributed by atoms with Gasteiger partial charge < -0.3 is 10.4 Å². The van der Waals surface area contributed by atoms with Gasteiger partial charge in [0.05, 0.1) is 6.61 Å². The highest BCUT2D eigenvalue weighted by molar-refractivity contribution is 4.79.